The third kappa shape index (κ3) is 3.72. The minimum absolute atomic E-state index is 0.0479. The normalized spacial score (nSPS) is 13.6. The van der Waals surface area contributed by atoms with Crippen LogP contribution in [0.15, 0.2) is 78.2 Å². The molecule has 1 aromatic heterocycles. The van der Waals surface area contributed by atoms with Crippen molar-refractivity contribution in [3.05, 3.63) is 94.9 Å². The largest absolute Gasteiger partial charge is 0.448 e. The maximum absolute atomic E-state index is 12.8. The van der Waals surface area contributed by atoms with E-state index in [1.54, 1.807) is 16.2 Å². The highest BCUT2D eigenvalue weighted by Gasteiger charge is 2.29. The summed E-state index contributed by atoms with van der Waals surface area (Å²) < 4.78 is 7.10. The topological polar surface area (TPSA) is 29.5 Å². The predicted octanol–water partition coefficient (Wildman–Crippen LogP) is 6.71. The second kappa shape index (κ2) is 8.20. The lowest BCUT2D eigenvalue weighted by molar-refractivity contribution is 0.0970. The SMILES string of the molecule is C[C@H](Cc1ccc2sccc2c1)N(C)C(=O)OCC1c2ccccc2-c2ccccc21. The second-order valence-electron chi connectivity index (χ2n) is 8.26. The van der Waals surface area contributed by atoms with Crippen LogP contribution in [0.3, 0.4) is 0 Å². The van der Waals surface area contributed by atoms with Gasteiger partial charge in [-0.25, -0.2) is 4.79 Å². The number of amides is 1. The Kier molecular flexibility index (Phi) is 5.24. The molecule has 1 atom stereocenters. The maximum Gasteiger partial charge on any atom is 0.409 e. The lowest BCUT2D eigenvalue weighted by Crippen LogP contribution is -2.37. The number of benzene rings is 3. The second-order valence-corrected chi connectivity index (χ2v) is 9.21. The van der Waals surface area contributed by atoms with Gasteiger partial charge in [0.25, 0.3) is 0 Å². The van der Waals surface area contributed by atoms with Crippen LogP contribution >= 0.6 is 11.3 Å². The van der Waals surface area contributed by atoms with Gasteiger partial charge in [0.1, 0.15) is 6.61 Å². The van der Waals surface area contributed by atoms with Gasteiger partial charge < -0.3 is 9.64 Å². The van der Waals surface area contributed by atoms with Crippen LogP contribution in [0.25, 0.3) is 21.2 Å². The summed E-state index contributed by atoms with van der Waals surface area (Å²) in [6.07, 6.45) is 0.526. The molecule has 31 heavy (non-hydrogen) atoms. The Bertz CT molecular complexity index is 1200. The number of ether oxygens (including phenoxy) is 1. The van der Waals surface area contributed by atoms with Gasteiger partial charge in [0.2, 0.25) is 0 Å². The minimum atomic E-state index is -0.272. The van der Waals surface area contributed by atoms with Crippen LogP contribution in [0.2, 0.25) is 0 Å². The van der Waals surface area contributed by atoms with E-state index >= 15 is 0 Å². The molecule has 0 spiro atoms. The maximum atomic E-state index is 12.8. The molecule has 0 fully saturated rings. The number of thiophene rings is 1. The van der Waals surface area contributed by atoms with E-state index in [2.05, 4.69) is 85.1 Å². The van der Waals surface area contributed by atoms with Crippen LogP contribution in [0.5, 0.6) is 0 Å². The highest BCUT2D eigenvalue weighted by Crippen LogP contribution is 2.44. The summed E-state index contributed by atoms with van der Waals surface area (Å²) >= 11 is 1.75. The average Bonchev–Trinajstić information content (AvgIpc) is 3.39. The molecule has 156 valence electrons. The Balaban J connectivity index is 1.26. The fourth-order valence-electron chi connectivity index (χ4n) is 4.50. The van der Waals surface area contributed by atoms with Gasteiger partial charge in [-0.2, -0.15) is 0 Å². The quantitative estimate of drug-likeness (QED) is 0.354. The van der Waals surface area contributed by atoms with E-state index in [9.17, 15) is 4.79 Å². The summed E-state index contributed by atoms with van der Waals surface area (Å²) in [4.78, 5) is 14.5. The van der Waals surface area contributed by atoms with E-state index in [0.29, 0.717) is 6.61 Å². The predicted molar refractivity (Wildman–Crippen MR) is 128 cm³/mol. The summed E-state index contributed by atoms with van der Waals surface area (Å²) in [6.45, 7) is 2.42. The van der Waals surface area contributed by atoms with Crippen LogP contribution in [-0.2, 0) is 11.2 Å². The molecule has 0 N–H and O–H groups in total. The first kappa shape index (κ1) is 19.8. The van der Waals surface area contributed by atoms with Gasteiger partial charge in [0.05, 0.1) is 0 Å². The van der Waals surface area contributed by atoms with Crippen molar-refractivity contribution in [1.82, 2.24) is 4.90 Å². The van der Waals surface area contributed by atoms with Gasteiger partial charge in [-0.1, -0.05) is 60.7 Å². The third-order valence-electron chi connectivity index (χ3n) is 6.33. The molecule has 1 aliphatic carbocycles. The van der Waals surface area contributed by atoms with E-state index in [0.717, 1.165) is 6.42 Å². The summed E-state index contributed by atoms with van der Waals surface area (Å²) in [7, 11) is 1.83. The molecule has 1 aliphatic rings. The zero-order valence-corrected chi connectivity index (χ0v) is 18.6. The molecule has 3 aromatic carbocycles. The zero-order chi connectivity index (χ0) is 21.4. The molecular weight excluding hydrogens is 402 g/mol. The number of rotatable bonds is 5. The van der Waals surface area contributed by atoms with Crippen molar-refractivity contribution in [1.29, 1.82) is 0 Å². The molecule has 0 bridgehead atoms. The van der Waals surface area contributed by atoms with E-state index < -0.39 is 0 Å². The molecule has 0 saturated heterocycles. The summed E-state index contributed by atoms with van der Waals surface area (Å²) in [5.74, 6) is 0.0843. The Morgan fingerprint density at radius 1 is 1.00 bits per heavy atom. The third-order valence-corrected chi connectivity index (χ3v) is 7.23. The minimum Gasteiger partial charge on any atom is -0.448 e. The van der Waals surface area contributed by atoms with Gasteiger partial charge in [-0.3, -0.25) is 0 Å². The fraction of sp³-hybridized carbons (Fsp3) is 0.222. The van der Waals surface area contributed by atoms with E-state index in [4.69, 9.17) is 4.74 Å². The van der Waals surface area contributed by atoms with E-state index in [1.807, 2.05) is 7.05 Å². The Morgan fingerprint density at radius 2 is 1.68 bits per heavy atom. The molecule has 1 amide bonds. The van der Waals surface area contributed by atoms with Crippen molar-refractivity contribution >= 4 is 27.5 Å². The van der Waals surface area contributed by atoms with Crippen LogP contribution in [0, 0.1) is 0 Å². The molecule has 0 radical (unpaired) electrons. The number of fused-ring (bicyclic) bond motifs is 4. The van der Waals surface area contributed by atoms with Gasteiger partial charge in [-0.15, -0.1) is 11.3 Å². The van der Waals surface area contributed by atoms with E-state index in [1.165, 1.54) is 37.9 Å². The Morgan fingerprint density at radius 3 is 2.39 bits per heavy atom. The molecule has 4 aromatic rings. The summed E-state index contributed by atoms with van der Waals surface area (Å²) in [5.41, 5.74) is 6.18. The van der Waals surface area contributed by atoms with Gasteiger partial charge in [-0.05, 0) is 64.1 Å². The zero-order valence-electron chi connectivity index (χ0n) is 17.7. The molecule has 0 aliphatic heterocycles. The number of likely N-dealkylation sites (N-methyl/N-ethyl adjacent to an activating group) is 1. The van der Waals surface area contributed by atoms with Crippen molar-refractivity contribution in [3.8, 4) is 11.1 Å². The highest BCUT2D eigenvalue weighted by molar-refractivity contribution is 7.17. The smallest absolute Gasteiger partial charge is 0.409 e. The first-order valence-corrected chi connectivity index (χ1v) is 11.5. The van der Waals surface area contributed by atoms with Gasteiger partial charge in [0, 0.05) is 23.7 Å². The molecular formula is C27H25NO2S. The first-order chi connectivity index (χ1) is 15.1. The number of carbonyl (C=O) groups is 1. The number of nitrogens with zero attached hydrogens (tertiary/aromatic N) is 1. The van der Waals surface area contributed by atoms with Gasteiger partial charge in [0.15, 0.2) is 0 Å². The van der Waals surface area contributed by atoms with Crippen molar-refractivity contribution in [2.45, 2.75) is 25.3 Å². The van der Waals surface area contributed by atoms with Crippen LogP contribution in [0.4, 0.5) is 4.79 Å². The number of hydrogen-bond acceptors (Lipinski definition) is 3. The van der Waals surface area contributed by atoms with Crippen molar-refractivity contribution < 1.29 is 9.53 Å². The lowest BCUT2D eigenvalue weighted by Gasteiger charge is -2.25. The highest BCUT2D eigenvalue weighted by atomic mass is 32.1. The summed E-state index contributed by atoms with van der Waals surface area (Å²) in [6, 6.07) is 25.5. The van der Waals surface area contributed by atoms with Crippen molar-refractivity contribution in [2.75, 3.05) is 13.7 Å². The van der Waals surface area contributed by atoms with Crippen LogP contribution in [-0.4, -0.2) is 30.7 Å². The Labute approximate surface area is 186 Å². The number of carbonyl (C=O) groups excluding carboxylic acids is 1. The first-order valence-electron chi connectivity index (χ1n) is 10.7. The molecule has 0 unspecified atom stereocenters. The lowest BCUT2D eigenvalue weighted by atomic mass is 9.98. The fourth-order valence-corrected chi connectivity index (χ4v) is 5.27. The van der Waals surface area contributed by atoms with Gasteiger partial charge >= 0.3 is 6.09 Å². The molecule has 0 saturated carbocycles. The van der Waals surface area contributed by atoms with Crippen molar-refractivity contribution in [2.24, 2.45) is 0 Å². The molecule has 5 rings (SSSR count). The monoisotopic (exact) mass is 427 g/mol. The molecule has 3 nitrogen and oxygen atoms in total. The standard InChI is InChI=1S/C27H25NO2S/c1-18(15-19-11-12-26-20(16-19)13-14-31-26)28(2)27(29)30-17-25-23-9-5-3-7-21(23)22-8-4-6-10-24(22)25/h3-14,16,18,25H,15,17H2,1-2H3/t18-/m1/s1. The van der Waals surface area contributed by atoms with E-state index in [-0.39, 0.29) is 18.1 Å². The average molecular weight is 428 g/mol. The summed E-state index contributed by atoms with van der Waals surface area (Å²) in [5, 5.41) is 3.37. The number of hydrogen-bond donors (Lipinski definition) is 0. The molecule has 4 heteroatoms. The molecule has 1 heterocycles. The van der Waals surface area contributed by atoms with Crippen molar-refractivity contribution in [3.63, 3.8) is 0 Å². The Hall–Kier alpha value is -3.11. The van der Waals surface area contributed by atoms with Crippen LogP contribution in [0.1, 0.15) is 29.5 Å². The van der Waals surface area contributed by atoms with Crippen LogP contribution < -0.4 is 0 Å².